The molecule has 1 N–H and O–H groups in total. The Labute approximate surface area is 100 Å². The molecular formula is C15H14N2. The number of aromatic amines is 1. The maximum Gasteiger partial charge on any atom is 0.0456 e. The molecule has 1 aromatic carbocycles. The Kier molecular flexibility index (Phi) is 2.41. The number of aryl methyl sites for hydroxylation is 1. The monoisotopic (exact) mass is 222 g/mol. The van der Waals surface area contributed by atoms with E-state index in [4.69, 9.17) is 0 Å². The minimum atomic E-state index is 0.881. The number of aromatic nitrogens is 2. The molecule has 0 bridgehead atoms. The van der Waals surface area contributed by atoms with Crippen LogP contribution in [0.3, 0.4) is 0 Å². The fourth-order valence-corrected chi connectivity index (χ4v) is 2.17. The van der Waals surface area contributed by atoms with Crippen LogP contribution in [-0.4, -0.2) is 9.97 Å². The molecule has 0 aliphatic rings. The van der Waals surface area contributed by atoms with E-state index in [9.17, 15) is 0 Å². The van der Waals surface area contributed by atoms with E-state index in [1.807, 2.05) is 18.3 Å². The Hall–Kier alpha value is -2.09. The van der Waals surface area contributed by atoms with Crippen LogP contribution in [-0.2, 0) is 6.42 Å². The van der Waals surface area contributed by atoms with Crippen LogP contribution in [0.2, 0.25) is 0 Å². The van der Waals surface area contributed by atoms with Crippen molar-refractivity contribution in [2.45, 2.75) is 13.3 Å². The zero-order valence-electron chi connectivity index (χ0n) is 9.77. The van der Waals surface area contributed by atoms with E-state index < -0.39 is 0 Å². The Morgan fingerprint density at radius 3 is 2.94 bits per heavy atom. The third kappa shape index (κ3) is 1.94. The van der Waals surface area contributed by atoms with E-state index in [1.54, 1.807) is 0 Å². The van der Waals surface area contributed by atoms with Gasteiger partial charge in [-0.3, -0.25) is 4.98 Å². The molecule has 2 heterocycles. The number of fused-ring (bicyclic) bond motifs is 1. The molecule has 2 heteroatoms. The molecule has 0 radical (unpaired) electrons. The minimum Gasteiger partial charge on any atom is -0.361 e. The lowest BCUT2D eigenvalue weighted by Crippen LogP contribution is -1.91. The van der Waals surface area contributed by atoms with Crippen molar-refractivity contribution in [2.75, 3.05) is 0 Å². The molecule has 0 amide bonds. The summed E-state index contributed by atoms with van der Waals surface area (Å²) in [6.45, 7) is 2.10. The van der Waals surface area contributed by atoms with Crippen LogP contribution in [0.25, 0.3) is 10.9 Å². The molecule has 0 saturated carbocycles. The lowest BCUT2D eigenvalue weighted by molar-refractivity contribution is 1.07. The molecule has 0 aliphatic heterocycles. The van der Waals surface area contributed by atoms with E-state index in [2.05, 4.69) is 47.4 Å². The molecule has 3 aromatic rings. The molecule has 3 rings (SSSR count). The summed E-state index contributed by atoms with van der Waals surface area (Å²) in [4.78, 5) is 7.70. The number of rotatable bonds is 2. The van der Waals surface area contributed by atoms with E-state index in [-0.39, 0.29) is 0 Å². The van der Waals surface area contributed by atoms with Crippen molar-refractivity contribution in [3.05, 3.63) is 65.6 Å². The van der Waals surface area contributed by atoms with Crippen molar-refractivity contribution >= 4 is 10.9 Å². The molecule has 0 spiro atoms. The van der Waals surface area contributed by atoms with Crippen LogP contribution in [0.4, 0.5) is 0 Å². The van der Waals surface area contributed by atoms with Crippen molar-refractivity contribution in [1.82, 2.24) is 9.97 Å². The third-order valence-corrected chi connectivity index (χ3v) is 3.02. The van der Waals surface area contributed by atoms with Crippen LogP contribution in [0.1, 0.15) is 16.8 Å². The highest BCUT2D eigenvalue weighted by Gasteiger charge is 2.04. The number of para-hydroxylation sites is 1. The molecule has 0 saturated heterocycles. The quantitative estimate of drug-likeness (QED) is 0.706. The highest BCUT2D eigenvalue weighted by molar-refractivity contribution is 5.83. The maximum absolute atomic E-state index is 4.41. The summed E-state index contributed by atoms with van der Waals surface area (Å²) in [5, 5.41) is 1.29. The van der Waals surface area contributed by atoms with Gasteiger partial charge in [-0.2, -0.15) is 0 Å². The highest BCUT2D eigenvalue weighted by atomic mass is 14.7. The SMILES string of the molecule is Cc1ccnc(Cc2c[nH]c3ccccc23)c1. The van der Waals surface area contributed by atoms with Gasteiger partial charge in [-0.15, -0.1) is 0 Å². The van der Waals surface area contributed by atoms with Gasteiger partial charge in [-0.05, 0) is 36.2 Å². The fraction of sp³-hybridized carbons (Fsp3) is 0.133. The Morgan fingerprint density at radius 1 is 1.18 bits per heavy atom. The molecular weight excluding hydrogens is 208 g/mol. The lowest BCUT2D eigenvalue weighted by atomic mass is 10.1. The average Bonchev–Trinajstić information content (AvgIpc) is 2.73. The van der Waals surface area contributed by atoms with Crippen molar-refractivity contribution in [1.29, 1.82) is 0 Å². The normalized spacial score (nSPS) is 10.9. The first-order chi connectivity index (χ1) is 8.33. The number of H-pyrrole nitrogens is 1. The second-order valence-electron chi connectivity index (χ2n) is 4.36. The van der Waals surface area contributed by atoms with Crippen molar-refractivity contribution in [3.63, 3.8) is 0 Å². The molecule has 0 aliphatic carbocycles. The van der Waals surface area contributed by atoms with Gasteiger partial charge in [0.1, 0.15) is 0 Å². The zero-order chi connectivity index (χ0) is 11.7. The van der Waals surface area contributed by atoms with Crippen LogP contribution in [0.15, 0.2) is 48.8 Å². The fourth-order valence-electron chi connectivity index (χ4n) is 2.17. The largest absolute Gasteiger partial charge is 0.361 e. The highest BCUT2D eigenvalue weighted by Crippen LogP contribution is 2.20. The van der Waals surface area contributed by atoms with Crippen LogP contribution in [0.5, 0.6) is 0 Å². The van der Waals surface area contributed by atoms with Crippen LogP contribution >= 0.6 is 0 Å². The molecule has 2 aromatic heterocycles. The van der Waals surface area contributed by atoms with Crippen molar-refractivity contribution < 1.29 is 0 Å². The number of pyridine rings is 1. The summed E-state index contributed by atoms with van der Waals surface area (Å²) in [7, 11) is 0. The maximum atomic E-state index is 4.41. The molecule has 84 valence electrons. The molecule has 2 nitrogen and oxygen atoms in total. The average molecular weight is 222 g/mol. The first kappa shape index (κ1) is 10.1. The van der Waals surface area contributed by atoms with Crippen molar-refractivity contribution in [2.24, 2.45) is 0 Å². The van der Waals surface area contributed by atoms with E-state index in [0.717, 1.165) is 12.1 Å². The smallest absolute Gasteiger partial charge is 0.0456 e. The minimum absolute atomic E-state index is 0.881. The number of benzene rings is 1. The second kappa shape index (κ2) is 4.06. The number of nitrogens with one attached hydrogen (secondary N) is 1. The summed E-state index contributed by atoms with van der Waals surface area (Å²) in [5.74, 6) is 0. The molecule has 0 unspecified atom stereocenters. The van der Waals surface area contributed by atoms with Gasteiger partial charge in [0.15, 0.2) is 0 Å². The predicted octanol–water partition coefficient (Wildman–Crippen LogP) is 3.46. The molecule has 17 heavy (non-hydrogen) atoms. The Morgan fingerprint density at radius 2 is 2.06 bits per heavy atom. The molecule has 0 atom stereocenters. The van der Waals surface area contributed by atoms with Crippen molar-refractivity contribution in [3.8, 4) is 0 Å². The van der Waals surface area contributed by atoms with Gasteiger partial charge in [-0.25, -0.2) is 0 Å². The van der Waals surface area contributed by atoms with Gasteiger partial charge >= 0.3 is 0 Å². The predicted molar refractivity (Wildman–Crippen MR) is 70.1 cm³/mol. The topological polar surface area (TPSA) is 28.7 Å². The number of hydrogen-bond donors (Lipinski definition) is 1. The summed E-state index contributed by atoms with van der Waals surface area (Å²) in [6.07, 6.45) is 4.83. The summed E-state index contributed by atoms with van der Waals surface area (Å²) in [5.41, 5.74) is 4.87. The zero-order valence-corrected chi connectivity index (χ0v) is 9.77. The van der Waals surface area contributed by atoms with Crippen LogP contribution < -0.4 is 0 Å². The lowest BCUT2D eigenvalue weighted by Gasteiger charge is -2.00. The number of nitrogens with zero attached hydrogens (tertiary/aromatic N) is 1. The molecule has 0 fully saturated rings. The van der Waals surface area contributed by atoms with Crippen LogP contribution in [0, 0.1) is 6.92 Å². The van der Waals surface area contributed by atoms with E-state index in [0.29, 0.717) is 0 Å². The van der Waals surface area contributed by atoms with Gasteiger partial charge in [0.05, 0.1) is 0 Å². The summed E-state index contributed by atoms with van der Waals surface area (Å²) >= 11 is 0. The first-order valence-electron chi connectivity index (χ1n) is 5.79. The van der Waals surface area contributed by atoms with Gasteiger partial charge < -0.3 is 4.98 Å². The second-order valence-corrected chi connectivity index (χ2v) is 4.36. The summed E-state index contributed by atoms with van der Waals surface area (Å²) < 4.78 is 0. The Balaban J connectivity index is 2.00. The van der Waals surface area contributed by atoms with E-state index >= 15 is 0 Å². The van der Waals surface area contributed by atoms with Gasteiger partial charge in [0.2, 0.25) is 0 Å². The Bertz CT molecular complexity index is 653. The van der Waals surface area contributed by atoms with Gasteiger partial charge in [-0.1, -0.05) is 18.2 Å². The van der Waals surface area contributed by atoms with Gasteiger partial charge in [0.25, 0.3) is 0 Å². The summed E-state index contributed by atoms with van der Waals surface area (Å²) in [6, 6.07) is 12.5. The first-order valence-corrected chi connectivity index (χ1v) is 5.79. The number of hydrogen-bond acceptors (Lipinski definition) is 1. The standard InChI is InChI=1S/C15H14N2/c1-11-6-7-16-13(8-11)9-12-10-17-15-5-3-2-4-14(12)15/h2-8,10,17H,9H2,1H3. The van der Waals surface area contributed by atoms with E-state index in [1.165, 1.54) is 22.0 Å². The van der Waals surface area contributed by atoms with Gasteiger partial charge in [0, 0.05) is 35.4 Å². The third-order valence-electron chi connectivity index (χ3n) is 3.02.